The Labute approximate surface area is 223 Å². The molecule has 0 atom stereocenters. The molecular formula is C29H34N4O4S. The third-order valence-corrected chi connectivity index (χ3v) is 9.20. The first kappa shape index (κ1) is 25.9. The number of pyridine rings is 1. The van der Waals surface area contributed by atoms with E-state index >= 15 is 0 Å². The minimum Gasteiger partial charge on any atom is -0.490 e. The summed E-state index contributed by atoms with van der Waals surface area (Å²) in [5, 5.41) is 3.63. The van der Waals surface area contributed by atoms with Crippen molar-refractivity contribution in [1.82, 2.24) is 8.54 Å². The summed E-state index contributed by atoms with van der Waals surface area (Å²) in [7, 11) is -0.571. The maximum absolute atomic E-state index is 13.6. The molecular weight excluding hydrogens is 500 g/mol. The number of nitrogens with one attached hydrogen (secondary N) is 1. The van der Waals surface area contributed by atoms with Crippen LogP contribution in [-0.2, 0) is 17.1 Å². The lowest BCUT2D eigenvalue weighted by Gasteiger charge is -2.24. The average molecular weight is 535 g/mol. The molecule has 0 spiro atoms. The van der Waals surface area contributed by atoms with E-state index < -0.39 is 15.6 Å². The zero-order chi connectivity index (χ0) is 27.0. The van der Waals surface area contributed by atoms with E-state index in [0.29, 0.717) is 40.5 Å². The fourth-order valence-corrected chi connectivity index (χ4v) is 6.65. The Morgan fingerprint density at radius 3 is 2.42 bits per heavy atom. The molecule has 0 aliphatic heterocycles. The molecule has 2 aromatic heterocycles. The number of nitrogen functional groups attached to an aromatic ring is 1. The standard InChI is InChI=1S/C29H34N4O4S/c1-19-9-11-21(12-10-19)38(35,36)33-16-15-22-24(17-32(3)29(34)27(22)33)23-13-14-25(31-2)26(30)28(23)37-18-20-7-5-4-6-8-20/h9-17,20,31H,4-8,18,30H2,1-3H3. The third kappa shape index (κ3) is 4.55. The van der Waals surface area contributed by atoms with Gasteiger partial charge in [0.15, 0.2) is 5.75 Å². The van der Waals surface area contributed by atoms with Crippen LogP contribution in [0.1, 0.15) is 37.7 Å². The topological polar surface area (TPSA) is 108 Å². The molecule has 5 rings (SSSR count). The van der Waals surface area contributed by atoms with Gasteiger partial charge >= 0.3 is 0 Å². The van der Waals surface area contributed by atoms with Crippen LogP contribution in [0.25, 0.3) is 22.0 Å². The van der Waals surface area contributed by atoms with Gasteiger partial charge in [-0.1, -0.05) is 37.0 Å². The second-order valence-corrected chi connectivity index (χ2v) is 11.9. The molecule has 0 bridgehead atoms. The van der Waals surface area contributed by atoms with Crippen molar-refractivity contribution in [2.75, 3.05) is 24.7 Å². The van der Waals surface area contributed by atoms with Crippen molar-refractivity contribution >= 4 is 32.3 Å². The van der Waals surface area contributed by atoms with E-state index in [1.165, 1.54) is 30.0 Å². The minimum absolute atomic E-state index is 0.0834. The van der Waals surface area contributed by atoms with Crippen LogP contribution in [0, 0.1) is 12.8 Å². The number of hydrogen-bond donors (Lipinski definition) is 2. The Hall–Kier alpha value is -3.72. The van der Waals surface area contributed by atoms with Crippen LogP contribution < -0.4 is 21.3 Å². The van der Waals surface area contributed by atoms with Gasteiger partial charge in [0.1, 0.15) is 5.52 Å². The lowest BCUT2D eigenvalue weighted by Crippen LogP contribution is -2.22. The van der Waals surface area contributed by atoms with Gasteiger partial charge in [-0.25, -0.2) is 12.4 Å². The molecule has 1 saturated carbocycles. The van der Waals surface area contributed by atoms with Crippen molar-refractivity contribution < 1.29 is 13.2 Å². The second-order valence-electron chi connectivity index (χ2n) is 10.1. The largest absolute Gasteiger partial charge is 0.490 e. The van der Waals surface area contributed by atoms with Crippen LogP contribution in [0.4, 0.5) is 11.4 Å². The molecule has 38 heavy (non-hydrogen) atoms. The van der Waals surface area contributed by atoms with E-state index in [1.54, 1.807) is 50.6 Å². The molecule has 2 heterocycles. The predicted octanol–water partition coefficient (Wildman–Crippen LogP) is 5.14. The fraction of sp³-hybridized carbons (Fsp3) is 0.345. The number of anilines is 2. The molecule has 2 aromatic carbocycles. The molecule has 0 amide bonds. The maximum atomic E-state index is 13.6. The number of aromatic nitrogens is 2. The molecule has 8 nitrogen and oxygen atoms in total. The van der Waals surface area contributed by atoms with Crippen LogP contribution in [0.3, 0.4) is 0 Å². The lowest BCUT2D eigenvalue weighted by atomic mass is 9.90. The van der Waals surface area contributed by atoms with Gasteiger partial charge in [0.2, 0.25) is 0 Å². The maximum Gasteiger partial charge on any atom is 0.275 e. The third-order valence-electron chi connectivity index (χ3n) is 7.51. The Balaban J connectivity index is 1.67. The van der Waals surface area contributed by atoms with Crippen molar-refractivity contribution in [3.63, 3.8) is 0 Å². The summed E-state index contributed by atoms with van der Waals surface area (Å²) in [5.74, 6) is 1.01. The average Bonchev–Trinajstić information content (AvgIpc) is 3.37. The molecule has 0 unspecified atom stereocenters. The molecule has 4 aromatic rings. The number of fused-ring (bicyclic) bond motifs is 1. The highest BCUT2D eigenvalue weighted by Crippen LogP contribution is 2.42. The number of aryl methyl sites for hydroxylation is 2. The molecule has 1 aliphatic rings. The molecule has 3 N–H and O–H groups in total. The quantitative estimate of drug-likeness (QED) is 0.318. The van der Waals surface area contributed by atoms with E-state index in [4.69, 9.17) is 10.5 Å². The van der Waals surface area contributed by atoms with Crippen LogP contribution in [0.2, 0.25) is 0 Å². The fourth-order valence-electron chi connectivity index (χ4n) is 5.31. The Bertz CT molecular complexity index is 1650. The number of rotatable bonds is 7. The van der Waals surface area contributed by atoms with E-state index in [2.05, 4.69) is 5.32 Å². The van der Waals surface area contributed by atoms with E-state index in [0.717, 1.165) is 28.1 Å². The second kappa shape index (κ2) is 10.2. The SMILES string of the molecule is CNc1ccc(-c2cn(C)c(=O)c3c2ccn3S(=O)(=O)c2ccc(C)cc2)c(OCC2CCCCC2)c1N. The highest BCUT2D eigenvalue weighted by atomic mass is 32.2. The minimum atomic E-state index is -3.99. The summed E-state index contributed by atoms with van der Waals surface area (Å²) in [6.07, 6.45) is 9.09. The number of benzene rings is 2. The van der Waals surface area contributed by atoms with Gasteiger partial charge in [-0.15, -0.1) is 0 Å². The summed E-state index contributed by atoms with van der Waals surface area (Å²) in [5.41, 5.74) is 9.80. The van der Waals surface area contributed by atoms with Crippen LogP contribution in [-0.4, -0.2) is 30.6 Å². The molecule has 1 aliphatic carbocycles. The highest BCUT2D eigenvalue weighted by molar-refractivity contribution is 7.90. The Morgan fingerprint density at radius 2 is 1.74 bits per heavy atom. The number of nitrogens with two attached hydrogens (primary N) is 1. The van der Waals surface area contributed by atoms with Crippen LogP contribution >= 0.6 is 0 Å². The predicted molar refractivity (Wildman–Crippen MR) is 152 cm³/mol. The zero-order valence-corrected chi connectivity index (χ0v) is 22.8. The number of hydrogen-bond acceptors (Lipinski definition) is 6. The van der Waals surface area contributed by atoms with Crippen molar-refractivity contribution in [2.45, 2.75) is 43.9 Å². The summed E-state index contributed by atoms with van der Waals surface area (Å²) < 4.78 is 36.0. The Morgan fingerprint density at radius 1 is 1.03 bits per heavy atom. The molecule has 9 heteroatoms. The van der Waals surface area contributed by atoms with Gasteiger partial charge in [0.05, 0.1) is 22.9 Å². The summed E-state index contributed by atoms with van der Waals surface area (Å²) in [4.78, 5) is 13.4. The smallest absolute Gasteiger partial charge is 0.275 e. The van der Waals surface area contributed by atoms with Gasteiger partial charge in [0.25, 0.3) is 15.6 Å². The number of nitrogens with zero attached hydrogens (tertiary/aromatic N) is 2. The zero-order valence-electron chi connectivity index (χ0n) is 22.0. The first-order chi connectivity index (χ1) is 18.2. The molecule has 1 fully saturated rings. The van der Waals surface area contributed by atoms with Crippen molar-refractivity contribution in [3.05, 3.63) is 70.8 Å². The van der Waals surface area contributed by atoms with Crippen LogP contribution in [0.5, 0.6) is 5.75 Å². The van der Waals surface area contributed by atoms with E-state index in [-0.39, 0.29) is 10.4 Å². The van der Waals surface area contributed by atoms with Gasteiger partial charge in [-0.2, -0.15) is 0 Å². The lowest BCUT2D eigenvalue weighted by molar-refractivity contribution is 0.210. The Kier molecular flexibility index (Phi) is 6.96. The van der Waals surface area contributed by atoms with Gasteiger partial charge in [-0.3, -0.25) is 4.79 Å². The molecule has 200 valence electrons. The summed E-state index contributed by atoms with van der Waals surface area (Å²) in [6.45, 7) is 2.45. The van der Waals surface area contributed by atoms with Gasteiger partial charge in [-0.05, 0) is 56.0 Å². The normalized spacial score (nSPS) is 14.6. The van der Waals surface area contributed by atoms with Crippen molar-refractivity contribution in [3.8, 4) is 16.9 Å². The van der Waals surface area contributed by atoms with Gasteiger partial charge in [0, 0.05) is 43.0 Å². The first-order valence-electron chi connectivity index (χ1n) is 13.0. The summed E-state index contributed by atoms with van der Waals surface area (Å²) >= 11 is 0. The van der Waals surface area contributed by atoms with Gasteiger partial charge < -0.3 is 20.4 Å². The molecule has 0 radical (unpaired) electrons. The molecule has 0 saturated heterocycles. The summed E-state index contributed by atoms with van der Waals surface area (Å²) in [6, 6.07) is 12.0. The van der Waals surface area contributed by atoms with Crippen molar-refractivity contribution in [2.24, 2.45) is 13.0 Å². The first-order valence-corrected chi connectivity index (χ1v) is 14.4. The van der Waals surface area contributed by atoms with E-state index in [1.807, 2.05) is 19.1 Å². The van der Waals surface area contributed by atoms with Crippen molar-refractivity contribution in [1.29, 1.82) is 0 Å². The monoisotopic (exact) mass is 534 g/mol. The van der Waals surface area contributed by atoms with E-state index in [9.17, 15) is 13.2 Å². The van der Waals surface area contributed by atoms with Crippen LogP contribution in [0.15, 0.2) is 64.5 Å². The highest BCUT2D eigenvalue weighted by Gasteiger charge is 2.25. The number of ether oxygens (including phenoxy) is 1.